The molecule has 38 heavy (non-hydrogen) atoms. The van der Waals surface area contributed by atoms with E-state index in [0.29, 0.717) is 34.8 Å². The van der Waals surface area contributed by atoms with E-state index in [0.717, 1.165) is 39.3 Å². The number of hydrogen-bond donors (Lipinski definition) is 0. The van der Waals surface area contributed by atoms with E-state index in [4.69, 9.17) is 19.2 Å². The molecule has 2 aromatic carbocycles. The third-order valence-electron chi connectivity index (χ3n) is 6.16. The normalized spacial score (nSPS) is 14.4. The number of fused-ring (bicyclic) bond motifs is 1. The Bertz CT molecular complexity index is 1400. The summed E-state index contributed by atoms with van der Waals surface area (Å²) in [5.41, 5.74) is 1.21. The van der Waals surface area contributed by atoms with Crippen LogP contribution in [0.5, 0.6) is 11.5 Å². The van der Waals surface area contributed by atoms with Crippen molar-refractivity contribution >= 4 is 61.6 Å². The van der Waals surface area contributed by atoms with Gasteiger partial charge in [0.1, 0.15) is 5.82 Å². The molecule has 3 aromatic rings. The van der Waals surface area contributed by atoms with Crippen molar-refractivity contribution in [2.45, 2.75) is 64.9 Å². The summed E-state index contributed by atoms with van der Waals surface area (Å²) in [6, 6.07) is 9.21. The first-order valence-electron chi connectivity index (χ1n) is 12.8. The van der Waals surface area contributed by atoms with Crippen LogP contribution >= 0.6 is 38.5 Å². The van der Waals surface area contributed by atoms with E-state index in [2.05, 4.69) is 43.6 Å². The molecular formula is C28H31BrIN3O5. The number of nitrogens with zero attached hydrogens (tertiary/aromatic N) is 3. The molecule has 0 spiro atoms. The molecule has 0 amide bonds. The lowest BCUT2D eigenvalue weighted by Crippen LogP contribution is -2.25. The van der Waals surface area contributed by atoms with Gasteiger partial charge in [-0.05, 0) is 92.1 Å². The van der Waals surface area contributed by atoms with Crippen LogP contribution in [0.15, 0.2) is 44.7 Å². The van der Waals surface area contributed by atoms with Gasteiger partial charge < -0.3 is 14.2 Å². The zero-order valence-corrected chi connectivity index (χ0v) is 25.5. The average molecular weight is 696 g/mol. The van der Waals surface area contributed by atoms with Crippen molar-refractivity contribution in [1.29, 1.82) is 0 Å². The van der Waals surface area contributed by atoms with Gasteiger partial charge in [-0.2, -0.15) is 9.78 Å². The van der Waals surface area contributed by atoms with E-state index in [1.807, 2.05) is 25.1 Å². The van der Waals surface area contributed by atoms with Crippen LogP contribution in [-0.2, 0) is 9.53 Å². The van der Waals surface area contributed by atoms with Gasteiger partial charge in [-0.25, -0.2) is 9.78 Å². The lowest BCUT2D eigenvalue weighted by molar-refractivity contribution is -0.149. The molecule has 1 saturated carbocycles. The summed E-state index contributed by atoms with van der Waals surface area (Å²) in [4.78, 5) is 30.5. The number of ether oxygens (including phenoxy) is 3. The lowest BCUT2D eigenvalue weighted by atomic mass is 9.88. The maximum Gasteiger partial charge on any atom is 0.344 e. The molecule has 0 unspecified atom stereocenters. The second-order valence-corrected chi connectivity index (χ2v) is 11.5. The van der Waals surface area contributed by atoms with Gasteiger partial charge in [0.2, 0.25) is 0 Å². The third-order valence-corrected chi connectivity index (χ3v) is 7.45. The van der Waals surface area contributed by atoms with Crippen molar-refractivity contribution in [3.8, 4) is 11.5 Å². The summed E-state index contributed by atoms with van der Waals surface area (Å²) < 4.78 is 19.7. The molecule has 1 heterocycles. The van der Waals surface area contributed by atoms with E-state index in [9.17, 15) is 9.59 Å². The average Bonchev–Trinajstić information content (AvgIpc) is 2.88. The van der Waals surface area contributed by atoms with Gasteiger partial charge in [-0.3, -0.25) is 4.79 Å². The second kappa shape index (κ2) is 13.1. The standard InChI is InChI=1S/C28H31BrIN3O5/c1-4-36-24-13-18(12-22(30)26(24)37-16-25(34)38-17(2)3)15-31-33-27(19-8-6-5-7-9-19)32-23-11-10-20(29)14-21(23)28(33)35/h10-15,17,19H,4-9,16H2,1-3H3. The van der Waals surface area contributed by atoms with Crippen molar-refractivity contribution in [2.24, 2.45) is 5.10 Å². The monoisotopic (exact) mass is 695 g/mol. The van der Waals surface area contributed by atoms with Gasteiger partial charge >= 0.3 is 5.97 Å². The van der Waals surface area contributed by atoms with Crippen LogP contribution in [0.4, 0.5) is 0 Å². The molecule has 0 saturated heterocycles. The number of carbonyl (C=O) groups excluding carboxylic acids is 1. The molecular weight excluding hydrogens is 665 g/mol. The molecule has 0 aliphatic heterocycles. The minimum absolute atomic E-state index is 0.183. The minimum atomic E-state index is -0.450. The predicted molar refractivity (Wildman–Crippen MR) is 160 cm³/mol. The highest BCUT2D eigenvalue weighted by atomic mass is 127. The molecule has 0 N–H and O–H groups in total. The maximum absolute atomic E-state index is 13.6. The number of benzene rings is 2. The Morgan fingerprint density at radius 1 is 1.21 bits per heavy atom. The first-order valence-corrected chi connectivity index (χ1v) is 14.7. The van der Waals surface area contributed by atoms with E-state index < -0.39 is 5.97 Å². The summed E-state index contributed by atoms with van der Waals surface area (Å²) in [7, 11) is 0. The summed E-state index contributed by atoms with van der Waals surface area (Å²) in [5, 5.41) is 5.15. The summed E-state index contributed by atoms with van der Waals surface area (Å²) in [6.45, 7) is 5.64. The first-order chi connectivity index (χ1) is 18.3. The predicted octanol–water partition coefficient (Wildman–Crippen LogP) is 6.42. The molecule has 202 valence electrons. The van der Waals surface area contributed by atoms with Crippen LogP contribution < -0.4 is 15.0 Å². The summed E-state index contributed by atoms with van der Waals surface area (Å²) in [6.07, 6.45) is 6.83. The Hall–Kier alpha value is -2.47. The Morgan fingerprint density at radius 2 is 1.97 bits per heavy atom. The number of aromatic nitrogens is 2. The number of carbonyl (C=O) groups is 1. The molecule has 1 aliphatic carbocycles. The van der Waals surface area contributed by atoms with Gasteiger partial charge in [0.05, 0.1) is 33.4 Å². The number of hydrogen-bond acceptors (Lipinski definition) is 7. The van der Waals surface area contributed by atoms with E-state index in [1.165, 1.54) is 11.1 Å². The van der Waals surface area contributed by atoms with Crippen molar-refractivity contribution in [3.63, 3.8) is 0 Å². The molecule has 1 fully saturated rings. The fourth-order valence-electron chi connectivity index (χ4n) is 4.52. The van der Waals surface area contributed by atoms with Gasteiger partial charge in [0.25, 0.3) is 5.56 Å². The fraction of sp³-hybridized carbons (Fsp3) is 0.429. The topological polar surface area (TPSA) is 92.0 Å². The van der Waals surface area contributed by atoms with Gasteiger partial charge in [0.15, 0.2) is 18.1 Å². The van der Waals surface area contributed by atoms with Crippen LogP contribution in [0.2, 0.25) is 0 Å². The largest absolute Gasteiger partial charge is 0.490 e. The van der Waals surface area contributed by atoms with E-state index in [1.54, 1.807) is 32.2 Å². The van der Waals surface area contributed by atoms with Crippen LogP contribution in [0.3, 0.4) is 0 Å². The highest BCUT2D eigenvalue weighted by Crippen LogP contribution is 2.35. The van der Waals surface area contributed by atoms with Crippen molar-refractivity contribution < 1.29 is 19.0 Å². The SMILES string of the molecule is CCOc1cc(C=Nn2c(C3CCCCC3)nc3ccc(Br)cc3c2=O)cc(I)c1OCC(=O)OC(C)C. The Labute approximate surface area is 244 Å². The van der Waals surface area contributed by atoms with Gasteiger partial charge in [-0.15, -0.1) is 0 Å². The fourth-order valence-corrected chi connectivity index (χ4v) is 5.66. The van der Waals surface area contributed by atoms with Crippen LogP contribution in [0.1, 0.15) is 70.2 Å². The number of rotatable bonds is 9. The summed E-state index contributed by atoms with van der Waals surface area (Å²) >= 11 is 5.60. The zero-order valence-electron chi connectivity index (χ0n) is 21.7. The van der Waals surface area contributed by atoms with Crippen molar-refractivity contribution in [1.82, 2.24) is 9.66 Å². The number of halogens is 2. The maximum atomic E-state index is 13.6. The smallest absolute Gasteiger partial charge is 0.344 e. The number of esters is 1. The van der Waals surface area contributed by atoms with Gasteiger partial charge in [-0.1, -0.05) is 35.2 Å². The Balaban J connectivity index is 1.71. The summed E-state index contributed by atoms with van der Waals surface area (Å²) in [5.74, 6) is 1.38. The lowest BCUT2D eigenvalue weighted by Gasteiger charge is -2.22. The van der Waals surface area contributed by atoms with Crippen LogP contribution in [-0.4, -0.2) is 41.2 Å². The molecule has 0 bridgehead atoms. The molecule has 4 rings (SSSR count). The first kappa shape index (κ1) is 28.5. The zero-order chi connectivity index (χ0) is 27.2. The second-order valence-electron chi connectivity index (χ2n) is 9.42. The van der Waals surface area contributed by atoms with Gasteiger partial charge in [0, 0.05) is 10.4 Å². The Morgan fingerprint density at radius 3 is 2.68 bits per heavy atom. The molecule has 1 aliphatic rings. The minimum Gasteiger partial charge on any atom is -0.490 e. The molecule has 0 radical (unpaired) electrons. The van der Waals surface area contributed by atoms with E-state index >= 15 is 0 Å². The van der Waals surface area contributed by atoms with Crippen molar-refractivity contribution in [3.05, 3.63) is 60.1 Å². The van der Waals surface area contributed by atoms with E-state index in [-0.39, 0.29) is 24.2 Å². The van der Waals surface area contributed by atoms with Crippen LogP contribution in [0, 0.1) is 3.57 Å². The van der Waals surface area contributed by atoms with Crippen LogP contribution in [0.25, 0.3) is 10.9 Å². The quantitative estimate of drug-likeness (QED) is 0.146. The Kier molecular flexibility index (Phi) is 9.80. The highest BCUT2D eigenvalue weighted by Gasteiger charge is 2.23. The molecule has 1 aromatic heterocycles. The molecule has 10 heteroatoms. The molecule has 8 nitrogen and oxygen atoms in total. The third kappa shape index (κ3) is 6.93. The highest BCUT2D eigenvalue weighted by molar-refractivity contribution is 14.1. The van der Waals surface area contributed by atoms with Crippen molar-refractivity contribution in [2.75, 3.05) is 13.2 Å². The molecule has 0 atom stereocenters.